The highest BCUT2D eigenvalue weighted by atomic mass is 127. The van der Waals surface area contributed by atoms with Crippen molar-refractivity contribution in [1.82, 2.24) is 19.9 Å². The normalized spacial score (nSPS) is 13.8. The van der Waals surface area contributed by atoms with Crippen molar-refractivity contribution in [3.05, 3.63) is 47.8 Å². The van der Waals surface area contributed by atoms with Crippen LogP contribution in [-0.2, 0) is 23.0 Å². The number of aromatic nitrogens is 1. The molecule has 0 fully saturated rings. The van der Waals surface area contributed by atoms with Crippen LogP contribution < -0.4 is 19.5 Å². The minimum Gasteiger partial charge on any atom is -0.493 e. The maximum Gasteiger partial charge on any atom is 0.242 e. The van der Waals surface area contributed by atoms with Gasteiger partial charge in [-0.15, -0.1) is 24.0 Å². The van der Waals surface area contributed by atoms with Gasteiger partial charge in [0.15, 0.2) is 17.5 Å². The highest BCUT2D eigenvalue weighted by Crippen LogP contribution is 2.33. The van der Waals surface area contributed by atoms with E-state index in [9.17, 15) is 8.42 Å². The first kappa shape index (κ1) is 25.1. The summed E-state index contributed by atoms with van der Waals surface area (Å²) in [6.07, 6.45) is 3.71. The molecule has 170 valence electrons. The van der Waals surface area contributed by atoms with Gasteiger partial charge in [-0.1, -0.05) is 0 Å². The van der Waals surface area contributed by atoms with Gasteiger partial charge in [0.25, 0.3) is 0 Å². The summed E-state index contributed by atoms with van der Waals surface area (Å²) in [6, 6.07) is 7.12. The van der Waals surface area contributed by atoms with Crippen LogP contribution in [0.3, 0.4) is 0 Å². The number of nitrogens with one attached hydrogen (secondary N) is 2. The van der Waals surface area contributed by atoms with E-state index in [2.05, 4.69) is 24.9 Å². The number of sulfonamides is 1. The van der Waals surface area contributed by atoms with Crippen molar-refractivity contribution in [1.29, 1.82) is 0 Å². The van der Waals surface area contributed by atoms with E-state index in [1.54, 1.807) is 27.3 Å². The summed E-state index contributed by atoms with van der Waals surface area (Å²) < 4.78 is 37.9. The number of hydrogen-bond acceptors (Lipinski definition) is 6. The monoisotopic (exact) mass is 561 g/mol. The molecule has 0 aliphatic carbocycles. The predicted octanol–water partition coefficient (Wildman–Crippen LogP) is 1.63. The first-order valence-corrected chi connectivity index (χ1v) is 11.1. The summed E-state index contributed by atoms with van der Waals surface area (Å²) in [5.74, 6) is 2.15. The number of hydrogen-bond donors (Lipinski definition) is 2. The second kappa shape index (κ2) is 11.5. The van der Waals surface area contributed by atoms with Gasteiger partial charge in [-0.25, -0.2) is 13.1 Å². The third-order valence-electron chi connectivity index (χ3n) is 4.87. The first-order chi connectivity index (χ1) is 14.5. The third-order valence-corrected chi connectivity index (χ3v) is 6.32. The molecule has 31 heavy (non-hydrogen) atoms. The van der Waals surface area contributed by atoms with Crippen molar-refractivity contribution in [3.8, 4) is 11.5 Å². The molecule has 1 aliphatic rings. The van der Waals surface area contributed by atoms with Crippen molar-refractivity contribution < 1.29 is 17.9 Å². The summed E-state index contributed by atoms with van der Waals surface area (Å²) in [4.78, 5) is 10.5. The number of ether oxygens (including phenoxy) is 2. The van der Waals surface area contributed by atoms with Gasteiger partial charge in [0.2, 0.25) is 10.0 Å². The van der Waals surface area contributed by atoms with Crippen LogP contribution in [0, 0.1) is 0 Å². The molecule has 0 amide bonds. The lowest BCUT2D eigenvalue weighted by Gasteiger charge is -2.32. The molecule has 0 radical (unpaired) electrons. The van der Waals surface area contributed by atoms with Crippen LogP contribution in [-0.4, -0.2) is 65.2 Å². The SMILES string of the molecule is CN=C(NCCNS(=O)(=O)c1cccnc1)N1CCc2cc(OC)c(OC)cc2C1.I. The first-order valence-electron chi connectivity index (χ1n) is 9.57. The van der Waals surface area contributed by atoms with Gasteiger partial charge >= 0.3 is 0 Å². The Morgan fingerprint density at radius 3 is 2.52 bits per heavy atom. The van der Waals surface area contributed by atoms with E-state index in [1.807, 2.05) is 12.1 Å². The molecule has 2 heterocycles. The van der Waals surface area contributed by atoms with Gasteiger partial charge in [-0.05, 0) is 41.8 Å². The minimum absolute atomic E-state index is 0. The molecule has 0 atom stereocenters. The molecule has 9 nitrogen and oxygen atoms in total. The van der Waals surface area contributed by atoms with Crippen molar-refractivity contribution in [2.75, 3.05) is 40.9 Å². The Bertz CT molecular complexity index is 1000. The van der Waals surface area contributed by atoms with E-state index >= 15 is 0 Å². The Labute approximate surface area is 200 Å². The van der Waals surface area contributed by atoms with Gasteiger partial charge < -0.3 is 19.7 Å². The zero-order chi connectivity index (χ0) is 21.6. The van der Waals surface area contributed by atoms with Crippen LogP contribution in [0.4, 0.5) is 0 Å². The van der Waals surface area contributed by atoms with Crippen LogP contribution in [0.25, 0.3) is 0 Å². The molecule has 0 bridgehead atoms. The van der Waals surface area contributed by atoms with E-state index in [0.717, 1.165) is 30.2 Å². The van der Waals surface area contributed by atoms with Crippen LogP contribution in [0.15, 0.2) is 46.5 Å². The number of rotatable bonds is 7. The molecule has 0 unspecified atom stereocenters. The lowest BCUT2D eigenvalue weighted by molar-refractivity contribution is 0.346. The molecule has 0 saturated carbocycles. The highest BCUT2D eigenvalue weighted by Gasteiger charge is 2.21. The molecule has 3 rings (SSSR count). The maximum absolute atomic E-state index is 12.3. The van der Waals surface area contributed by atoms with E-state index in [-0.39, 0.29) is 35.4 Å². The molecule has 11 heteroatoms. The number of halogens is 1. The topological polar surface area (TPSA) is 105 Å². The number of benzene rings is 1. The zero-order valence-electron chi connectivity index (χ0n) is 17.8. The van der Waals surface area contributed by atoms with Gasteiger partial charge in [0, 0.05) is 45.6 Å². The molecular formula is C20H28IN5O4S. The van der Waals surface area contributed by atoms with E-state index in [4.69, 9.17) is 9.47 Å². The number of methoxy groups -OCH3 is 2. The van der Waals surface area contributed by atoms with Crippen LogP contribution in [0.2, 0.25) is 0 Å². The Hall–Kier alpha value is -2.12. The number of fused-ring (bicyclic) bond motifs is 1. The van der Waals surface area contributed by atoms with Gasteiger partial charge in [0.05, 0.1) is 14.2 Å². The van der Waals surface area contributed by atoms with E-state index in [1.165, 1.54) is 24.0 Å². The number of nitrogens with zero attached hydrogens (tertiary/aromatic N) is 3. The van der Waals surface area contributed by atoms with Gasteiger partial charge in [0.1, 0.15) is 4.90 Å². The molecule has 1 aliphatic heterocycles. The smallest absolute Gasteiger partial charge is 0.242 e. The second-order valence-electron chi connectivity index (χ2n) is 6.71. The molecule has 1 aromatic heterocycles. The molecular weight excluding hydrogens is 533 g/mol. The molecule has 2 aromatic rings. The maximum atomic E-state index is 12.3. The van der Waals surface area contributed by atoms with Crippen LogP contribution >= 0.6 is 24.0 Å². The van der Waals surface area contributed by atoms with Crippen molar-refractivity contribution >= 4 is 40.0 Å². The summed E-state index contributed by atoms with van der Waals surface area (Å²) in [6.45, 7) is 2.10. The van der Waals surface area contributed by atoms with Crippen molar-refractivity contribution in [2.45, 2.75) is 17.9 Å². The summed E-state index contributed by atoms with van der Waals surface area (Å²) >= 11 is 0. The number of pyridine rings is 1. The molecule has 2 N–H and O–H groups in total. The fraction of sp³-hybridized carbons (Fsp3) is 0.400. The van der Waals surface area contributed by atoms with Crippen LogP contribution in [0.5, 0.6) is 11.5 Å². The fourth-order valence-electron chi connectivity index (χ4n) is 3.35. The lowest BCUT2D eigenvalue weighted by Crippen LogP contribution is -2.46. The molecule has 0 spiro atoms. The Morgan fingerprint density at radius 1 is 1.19 bits per heavy atom. The lowest BCUT2D eigenvalue weighted by atomic mass is 9.99. The van der Waals surface area contributed by atoms with Gasteiger partial charge in [-0.3, -0.25) is 9.98 Å². The Kier molecular flexibility index (Phi) is 9.32. The Morgan fingerprint density at radius 2 is 1.90 bits per heavy atom. The van der Waals surface area contributed by atoms with Crippen molar-refractivity contribution in [3.63, 3.8) is 0 Å². The van der Waals surface area contributed by atoms with Gasteiger partial charge in [-0.2, -0.15) is 0 Å². The quantitative estimate of drug-likeness (QED) is 0.229. The summed E-state index contributed by atoms with van der Waals surface area (Å²) in [5, 5.41) is 3.22. The summed E-state index contributed by atoms with van der Waals surface area (Å²) in [5.41, 5.74) is 2.38. The highest BCUT2D eigenvalue weighted by molar-refractivity contribution is 14.0. The average Bonchev–Trinajstić information content (AvgIpc) is 2.78. The number of aliphatic imine (C=N–C) groups is 1. The Balaban J connectivity index is 0.00000341. The van der Waals surface area contributed by atoms with E-state index < -0.39 is 10.0 Å². The standard InChI is InChI=1S/C20H27N5O4S.HI/c1-21-20(23-8-9-24-30(26,27)17-5-4-7-22-13-17)25-10-6-15-11-18(28-2)19(29-3)12-16(15)14-25;/h4-5,7,11-13,24H,6,8-10,14H2,1-3H3,(H,21,23);1H. The van der Waals surface area contributed by atoms with Crippen molar-refractivity contribution in [2.24, 2.45) is 4.99 Å². The fourth-order valence-corrected chi connectivity index (χ4v) is 4.34. The van der Waals surface area contributed by atoms with E-state index in [0.29, 0.717) is 18.8 Å². The summed E-state index contributed by atoms with van der Waals surface area (Å²) in [7, 11) is 1.39. The minimum atomic E-state index is -3.58. The largest absolute Gasteiger partial charge is 0.493 e. The third kappa shape index (κ3) is 6.20. The predicted molar refractivity (Wildman–Crippen MR) is 130 cm³/mol. The molecule has 0 saturated heterocycles. The average molecular weight is 561 g/mol. The number of guanidine groups is 1. The zero-order valence-corrected chi connectivity index (χ0v) is 20.9. The molecule has 1 aromatic carbocycles. The second-order valence-corrected chi connectivity index (χ2v) is 8.47. The van der Waals surface area contributed by atoms with Crippen LogP contribution in [0.1, 0.15) is 11.1 Å².